The zero-order chi connectivity index (χ0) is 13.3. The van der Waals surface area contributed by atoms with Gasteiger partial charge in [0.1, 0.15) is 23.1 Å². The molecule has 1 aromatic heterocycles. The summed E-state index contributed by atoms with van der Waals surface area (Å²) in [6.07, 6.45) is 1.13. The highest BCUT2D eigenvalue weighted by molar-refractivity contribution is 9.10. The minimum absolute atomic E-state index is 0.0878. The third kappa shape index (κ3) is 2.56. The zero-order valence-corrected chi connectivity index (χ0v) is 10.9. The Hall–Kier alpha value is -1.34. The van der Waals surface area contributed by atoms with Crippen molar-refractivity contribution in [3.8, 4) is 0 Å². The van der Waals surface area contributed by atoms with Gasteiger partial charge in [0.2, 0.25) is 0 Å². The van der Waals surface area contributed by atoms with E-state index in [1.165, 1.54) is 0 Å². The van der Waals surface area contributed by atoms with Crippen molar-refractivity contribution in [3.63, 3.8) is 0 Å². The van der Waals surface area contributed by atoms with Crippen molar-refractivity contribution in [3.05, 3.63) is 45.5 Å². The lowest BCUT2D eigenvalue weighted by Crippen LogP contribution is -2.01. The Bertz CT molecular complexity index is 609. The molecule has 1 N–H and O–H groups in total. The molecule has 18 heavy (non-hydrogen) atoms. The maximum Gasteiger partial charge on any atom is 0.182 e. The second kappa shape index (κ2) is 5.11. The molecule has 0 aliphatic heterocycles. The average Bonchev–Trinajstić information content (AvgIpc) is 2.31. The summed E-state index contributed by atoms with van der Waals surface area (Å²) in [5, 5.41) is 2.51. The first kappa shape index (κ1) is 13.1. The van der Waals surface area contributed by atoms with E-state index in [-0.39, 0.29) is 21.1 Å². The summed E-state index contributed by atoms with van der Waals surface area (Å²) in [7, 11) is 0. The first-order valence-electron chi connectivity index (χ1n) is 4.56. The van der Waals surface area contributed by atoms with Crippen LogP contribution in [0.4, 0.5) is 24.7 Å². The van der Waals surface area contributed by atoms with Gasteiger partial charge in [0.05, 0.1) is 10.2 Å². The Morgan fingerprint density at radius 2 is 1.89 bits per heavy atom. The number of anilines is 2. The summed E-state index contributed by atoms with van der Waals surface area (Å²) in [4.78, 5) is 7.43. The van der Waals surface area contributed by atoms with E-state index in [1.807, 2.05) is 0 Å². The maximum atomic E-state index is 13.4. The quantitative estimate of drug-likeness (QED) is 0.663. The normalized spacial score (nSPS) is 10.5. The Morgan fingerprint density at radius 1 is 1.17 bits per heavy atom. The molecule has 1 heterocycles. The van der Waals surface area contributed by atoms with Crippen molar-refractivity contribution in [1.29, 1.82) is 0 Å². The molecule has 0 aliphatic rings. The summed E-state index contributed by atoms with van der Waals surface area (Å²) < 4.78 is 39.6. The first-order valence-corrected chi connectivity index (χ1v) is 5.73. The van der Waals surface area contributed by atoms with Crippen LogP contribution in [0.5, 0.6) is 0 Å². The highest BCUT2D eigenvalue weighted by Crippen LogP contribution is 2.30. The van der Waals surface area contributed by atoms with E-state index >= 15 is 0 Å². The molecule has 8 heteroatoms. The molecular formula is C10H4BrClF3N3. The lowest BCUT2D eigenvalue weighted by molar-refractivity contribution is 0.498. The number of nitrogens with one attached hydrogen (secondary N) is 1. The van der Waals surface area contributed by atoms with Crippen molar-refractivity contribution in [1.82, 2.24) is 9.97 Å². The van der Waals surface area contributed by atoms with Gasteiger partial charge in [0.25, 0.3) is 0 Å². The average molecular weight is 339 g/mol. The minimum atomic E-state index is -1.30. The lowest BCUT2D eigenvalue weighted by atomic mass is 10.3. The van der Waals surface area contributed by atoms with E-state index in [4.69, 9.17) is 11.6 Å². The fraction of sp³-hybridized carbons (Fsp3) is 0. The Balaban J connectivity index is 2.43. The van der Waals surface area contributed by atoms with Crippen LogP contribution in [-0.2, 0) is 0 Å². The summed E-state index contributed by atoms with van der Waals surface area (Å²) in [6, 6.07) is 1.25. The van der Waals surface area contributed by atoms with Crippen LogP contribution in [0.1, 0.15) is 0 Å². The SMILES string of the molecule is Fc1cc(F)c(F)c(Nc2ncnc(Cl)c2Br)c1. The number of hydrogen-bond donors (Lipinski definition) is 1. The van der Waals surface area contributed by atoms with E-state index in [2.05, 4.69) is 31.2 Å². The van der Waals surface area contributed by atoms with Crippen molar-refractivity contribution in [2.45, 2.75) is 0 Å². The van der Waals surface area contributed by atoms with Crippen molar-refractivity contribution >= 4 is 39.0 Å². The summed E-state index contributed by atoms with van der Waals surface area (Å²) in [5.41, 5.74) is -0.386. The Morgan fingerprint density at radius 3 is 2.61 bits per heavy atom. The molecule has 0 saturated carbocycles. The van der Waals surface area contributed by atoms with Crippen LogP contribution in [0.25, 0.3) is 0 Å². The third-order valence-electron chi connectivity index (χ3n) is 1.99. The summed E-state index contributed by atoms with van der Waals surface area (Å²) in [6.45, 7) is 0. The van der Waals surface area contributed by atoms with Gasteiger partial charge in [-0.25, -0.2) is 23.1 Å². The van der Waals surface area contributed by atoms with E-state index in [0.717, 1.165) is 12.4 Å². The number of aromatic nitrogens is 2. The van der Waals surface area contributed by atoms with Gasteiger partial charge in [0.15, 0.2) is 11.6 Å². The van der Waals surface area contributed by atoms with Gasteiger partial charge in [-0.3, -0.25) is 0 Å². The van der Waals surface area contributed by atoms with Crippen LogP contribution in [0.3, 0.4) is 0 Å². The fourth-order valence-electron chi connectivity index (χ4n) is 1.21. The highest BCUT2D eigenvalue weighted by atomic mass is 79.9. The van der Waals surface area contributed by atoms with Gasteiger partial charge >= 0.3 is 0 Å². The predicted molar refractivity (Wildman–Crippen MR) is 64.3 cm³/mol. The van der Waals surface area contributed by atoms with E-state index < -0.39 is 17.5 Å². The molecule has 0 unspecified atom stereocenters. The Kier molecular flexibility index (Phi) is 3.72. The molecular weight excluding hydrogens is 334 g/mol. The molecule has 94 valence electrons. The summed E-state index contributed by atoms with van der Waals surface area (Å²) in [5.74, 6) is -3.32. The van der Waals surface area contributed by atoms with E-state index in [9.17, 15) is 13.2 Å². The smallest absolute Gasteiger partial charge is 0.182 e. The maximum absolute atomic E-state index is 13.4. The van der Waals surface area contributed by atoms with Gasteiger partial charge in [0, 0.05) is 12.1 Å². The first-order chi connectivity index (χ1) is 8.49. The molecule has 2 aromatic rings. The number of benzene rings is 1. The third-order valence-corrected chi connectivity index (χ3v) is 3.26. The van der Waals surface area contributed by atoms with Crippen LogP contribution in [0, 0.1) is 17.5 Å². The van der Waals surface area contributed by atoms with E-state index in [1.54, 1.807) is 0 Å². The molecule has 0 spiro atoms. The van der Waals surface area contributed by atoms with Gasteiger partial charge in [-0.1, -0.05) is 11.6 Å². The minimum Gasteiger partial charge on any atom is -0.337 e. The molecule has 0 radical (unpaired) electrons. The lowest BCUT2D eigenvalue weighted by Gasteiger charge is -2.09. The number of nitrogens with zero attached hydrogens (tertiary/aromatic N) is 2. The van der Waals surface area contributed by atoms with Crippen molar-refractivity contribution in [2.24, 2.45) is 0 Å². The summed E-state index contributed by atoms with van der Waals surface area (Å²) >= 11 is 8.77. The molecule has 0 fully saturated rings. The fourth-order valence-corrected chi connectivity index (χ4v) is 1.65. The second-order valence-electron chi connectivity index (χ2n) is 3.20. The topological polar surface area (TPSA) is 37.8 Å². The van der Waals surface area contributed by atoms with Crippen LogP contribution < -0.4 is 5.32 Å². The predicted octanol–water partition coefficient (Wildman–Crippen LogP) is 4.05. The van der Waals surface area contributed by atoms with Gasteiger partial charge < -0.3 is 5.32 Å². The number of hydrogen-bond acceptors (Lipinski definition) is 3. The molecule has 0 aliphatic carbocycles. The molecule has 3 nitrogen and oxygen atoms in total. The van der Waals surface area contributed by atoms with Crippen LogP contribution in [-0.4, -0.2) is 9.97 Å². The van der Waals surface area contributed by atoms with Gasteiger partial charge in [-0.15, -0.1) is 0 Å². The molecule has 0 saturated heterocycles. The van der Waals surface area contributed by atoms with Crippen molar-refractivity contribution < 1.29 is 13.2 Å². The van der Waals surface area contributed by atoms with Crippen LogP contribution >= 0.6 is 27.5 Å². The molecule has 1 aromatic carbocycles. The highest BCUT2D eigenvalue weighted by Gasteiger charge is 2.14. The zero-order valence-electron chi connectivity index (χ0n) is 8.52. The molecule has 0 bridgehead atoms. The van der Waals surface area contributed by atoms with E-state index in [0.29, 0.717) is 6.07 Å². The van der Waals surface area contributed by atoms with Crippen LogP contribution in [0.15, 0.2) is 22.9 Å². The second-order valence-corrected chi connectivity index (χ2v) is 4.35. The molecule has 0 atom stereocenters. The number of rotatable bonds is 2. The van der Waals surface area contributed by atoms with Gasteiger partial charge in [-0.2, -0.15) is 0 Å². The van der Waals surface area contributed by atoms with Crippen molar-refractivity contribution in [2.75, 3.05) is 5.32 Å². The van der Waals surface area contributed by atoms with Gasteiger partial charge in [-0.05, 0) is 15.9 Å². The van der Waals surface area contributed by atoms with Crippen LogP contribution in [0.2, 0.25) is 5.15 Å². The Labute approximate surface area is 113 Å². The number of halogens is 5. The monoisotopic (exact) mass is 337 g/mol. The molecule has 2 rings (SSSR count). The standard InChI is InChI=1S/C10H4BrClF3N3/c11-7-9(12)16-3-17-10(7)18-6-2-4(13)1-5(14)8(6)15/h1-3H,(H,16,17,18). The largest absolute Gasteiger partial charge is 0.337 e. The molecule has 0 amide bonds.